The zero-order chi connectivity index (χ0) is 14.0. The van der Waals surface area contributed by atoms with Crippen LogP contribution in [0, 0.1) is 11.6 Å². The Balaban J connectivity index is 2.30. The van der Waals surface area contributed by atoms with Crippen LogP contribution in [0.15, 0.2) is 36.4 Å². The third kappa shape index (κ3) is 3.00. The summed E-state index contributed by atoms with van der Waals surface area (Å²) >= 11 is 5.68. The van der Waals surface area contributed by atoms with E-state index >= 15 is 0 Å². The number of phenols is 1. The van der Waals surface area contributed by atoms with Crippen molar-refractivity contribution in [3.8, 4) is 5.75 Å². The topological polar surface area (TPSA) is 49.3 Å². The molecule has 0 saturated heterocycles. The van der Waals surface area contributed by atoms with Gasteiger partial charge in [0, 0.05) is 5.02 Å². The maximum absolute atomic E-state index is 13.4. The molecule has 2 N–H and O–H groups in total. The van der Waals surface area contributed by atoms with Crippen LogP contribution >= 0.6 is 11.6 Å². The lowest BCUT2D eigenvalue weighted by atomic mass is 10.1. The van der Waals surface area contributed by atoms with Crippen LogP contribution in [0.5, 0.6) is 5.75 Å². The second kappa shape index (κ2) is 5.24. The van der Waals surface area contributed by atoms with E-state index in [0.717, 1.165) is 24.3 Å². The first-order chi connectivity index (χ1) is 8.97. The molecule has 2 rings (SSSR count). The summed E-state index contributed by atoms with van der Waals surface area (Å²) < 4.78 is 26.4. The van der Waals surface area contributed by atoms with Crippen LogP contribution in [0.25, 0.3) is 0 Å². The van der Waals surface area contributed by atoms with Gasteiger partial charge in [-0.1, -0.05) is 11.6 Å². The van der Waals surface area contributed by atoms with E-state index in [0.29, 0.717) is 0 Å². The molecule has 0 bridgehead atoms. The normalized spacial score (nSPS) is 10.3. The highest BCUT2D eigenvalue weighted by molar-refractivity contribution is 6.31. The summed E-state index contributed by atoms with van der Waals surface area (Å²) in [6.07, 6.45) is 0. The monoisotopic (exact) mass is 283 g/mol. The van der Waals surface area contributed by atoms with Crippen LogP contribution in [0.1, 0.15) is 10.4 Å². The minimum atomic E-state index is -0.835. The summed E-state index contributed by atoms with van der Waals surface area (Å²) in [5, 5.41) is 11.9. The standard InChI is InChI=1S/C13H8ClF2NO2/c14-7-1-3-10(16)11(5-7)17-13(19)9-6-8(15)2-4-12(9)18/h1-6,18H,(H,17,19). The molecule has 1 amide bonds. The van der Waals surface area contributed by atoms with Crippen LogP contribution in [0.3, 0.4) is 0 Å². The van der Waals surface area contributed by atoms with Crippen molar-refractivity contribution in [3.63, 3.8) is 0 Å². The van der Waals surface area contributed by atoms with Gasteiger partial charge in [0.15, 0.2) is 0 Å². The lowest BCUT2D eigenvalue weighted by molar-refractivity contribution is 0.102. The van der Waals surface area contributed by atoms with Gasteiger partial charge in [0.1, 0.15) is 17.4 Å². The number of hydrogen-bond donors (Lipinski definition) is 2. The van der Waals surface area contributed by atoms with Gasteiger partial charge in [-0.25, -0.2) is 8.78 Å². The first kappa shape index (κ1) is 13.3. The number of hydrogen-bond acceptors (Lipinski definition) is 2. The fraction of sp³-hybridized carbons (Fsp3) is 0. The fourth-order valence-corrected chi connectivity index (χ4v) is 1.65. The molecule has 0 aliphatic heterocycles. The average molecular weight is 284 g/mol. The van der Waals surface area contributed by atoms with E-state index in [-0.39, 0.29) is 16.3 Å². The predicted molar refractivity (Wildman–Crippen MR) is 67.4 cm³/mol. The zero-order valence-corrected chi connectivity index (χ0v) is 10.2. The van der Waals surface area contributed by atoms with E-state index in [1.807, 2.05) is 0 Å². The lowest BCUT2D eigenvalue weighted by Gasteiger charge is -2.08. The highest BCUT2D eigenvalue weighted by Crippen LogP contribution is 2.23. The predicted octanol–water partition coefficient (Wildman–Crippen LogP) is 3.58. The fourth-order valence-electron chi connectivity index (χ4n) is 1.47. The van der Waals surface area contributed by atoms with Crippen LogP contribution in [-0.2, 0) is 0 Å². The van der Waals surface area contributed by atoms with Crippen molar-refractivity contribution < 1.29 is 18.7 Å². The largest absolute Gasteiger partial charge is 0.507 e. The van der Waals surface area contributed by atoms with E-state index in [1.54, 1.807) is 0 Å². The molecule has 0 radical (unpaired) electrons. The SMILES string of the molecule is O=C(Nc1cc(Cl)ccc1F)c1cc(F)ccc1O. The van der Waals surface area contributed by atoms with E-state index < -0.39 is 23.3 Å². The smallest absolute Gasteiger partial charge is 0.259 e. The Labute approximate surface area is 112 Å². The summed E-state index contributed by atoms with van der Waals surface area (Å²) in [6.45, 7) is 0. The van der Waals surface area contributed by atoms with E-state index in [4.69, 9.17) is 11.6 Å². The van der Waals surface area contributed by atoms with Crippen LogP contribution < -0.4 is 5.32 Å². The quantitative estimate of drug-likeness (QED) is 0.885. The summed E-state index contributed by atoms with van der Waals surface area (Å²) in [7, 11) is 0. The number of aromatic hydroxyl groups is 1. The Morgan fingerprint density at radius 3 is 2.63 bits per heavy atom. The number of halogens is 3. The van der Waals surface area contributed by atoms with Gasteiger partial charge in [-0.3, -0.25) is 4.79 Å². The molecular formula is C13H8ClF2NO2. The third-order valence-electron chi connectivity index (χ3n) is 2.38. The maximum atomic E-state index is 13.4. The van der Waals surface area contributed by atoms with E-state index in [1.165, 1.54) is 12.1 Å². The second-order valence-electron chi connectivity index (χ2n) is 3.74. The van der Waals surface area contributed by atoms with Crippen molar-refractivity contribution in [2.45, 2.75) is 0 Å². The minimum Gasteiger partial charge on any atom is -0.507 e. The Morgan fingerprint density at radius 1 is 1.16 bits per heavy atom. The van der Waals surface area contributed by atoms with Crippen molar-refractivity contribution in [1.29, 1.82) is 0 Å². The minimum absolute atomic E-state index is 0.152. The number of rotatable bonds is 2. The Morgan fingerprint density at radius 2 is 1.89 bits per heavy atom. The molecule has 0 unspecified atom stereocenters. The van der Waals surface area contributed by atoms with Crippen molar-refractivity contribution in [2.24, 2.45) is 0 Å². The molecule has 2 aromatic rings. The number of carbonyl (C=O) groups excluding carboxylic acids is 1. The molecule has 6 heteroatoms. The van der Waals surface area contributed by atoms with Crippen molar-refractivity contribution in [3.05, 3.63) is 58.6 Å². The highest BCUT2D eigenvalue weighted by Gasteiger charge is 2.14. The number of benzene rings is 2. The molecule has 0 aliphatic carbocycles. The molecule has 3 nitrogen and oxygen atoms in total. The Hall–Kier alpha value is -2.14. The first-order valence-electron chi connectivity index (χ1n) is 5.22. The van der Waals surface area contributed by atoms with Gasteiger partial charge < -0.3 is 10.4 Å². The van der Waals surface area contributed by atoms with Gasteiger partial charge >= 0.3 is 0 Å². The summed E-state index contributed by atoms with van der Waals surface area (Å²) in [6, 6.07) is 6.53. The molecule has 2 aromatic carbocycles. The van der Waals surface area contributed by atoms with Gasteiger partial charge in [0.05, 0.1) is 11.3 Å². The lowest BCUT2D eigenvalue weighted by Crippen LogP contribution is -2.13. The second-order valence-corrected chi connectivity index (χ2v) is 4.18. The number of phenolic OH excluding ortho intramolecular Hbond substituents is 1. The number of amides is 1. The molecule has 19 heavy (non-hydrogen) atoms. The van der Waals surface area contributed by atoms with Gasteiger partial charge in [-0.05, 0) is 36.4 Å². The zero-order valence-electron chi connectivity index (χ0n) is 9.45. The van der Waals surface area contributed by atoms with Crippen LogP contribution in [0.4, 0.5) is 14.5 Å². The average Bonchev–Trinajstić information content (AvgIpc) is 2.36. The number of carbonyl (C=O) groups is 1. The number of nitrogens with one attached hydrogen (secondary N) is 1. The molecule has 98 valence electrons. The Bertz CT molecular complexity index is 647. The van der Waals surface area contributed by atoms with E-state index in [2.05, 4.69) is 5.32 Å². The molecule has 0 spiro atoms. The number of anilines is 1. The van der Waals surface area contributed by atoms with Gasteiger partial charge in [-0.15, -0.1) is 0 Å². The third-order valence-corrected chi connectivity index (χ3v) is 2.61. The van der Waals surface area contributed by atoms with Crippen LogP contribution in [-0.4, -0.2) is 11.0 Å². The summed E-state index contributed by atoms with van der Waals surface area (Å²) in [4.78, 5) is 11.8. The first-order valence-corrected chi connectivity index (χ1v) is 5.60. The van der Waals surface area contributed by atoms with Crippen LogP contribution in [0.2, 0.25) is 5.02 Å². The molecule has 0 aromatic heterocycles. The van der Waals surface area contributed by atoms with Gasteiger partial charge in [0.25, 0.3) is 5.91 Å². The van der Waals surface area contributed by atoms with Crippen molar-refractivity contribution in [1.82, 2.24) is 0 Å². The van der Waals surface area contributed by atoms with Gasteiger partial charge in [-0.2, -0.15) is 0 Å². The maximum Gasteiger partial charge on any atom is 0.259 e. The van der Waals surface area contributed by atoms with Crippen molar-refractivity contribution in [2.75, 3.05) is 5.32 Å². The Kier molecular flexibility index (Phi) is 3.66. The molecule has 0 atom stereocenters. The van der Waals surface area contributed by atoms with E-state index in [9.17, 15) is 18.7 Å². The van der Waals surface area contributed by atoms with Crippen molar-refractivity contribution >= 4 is 23.2 Å². The molecular weight excluding hydrogens is 276 g/mol. The van der Waals surface area contributed by atoms with Gasteiger partial charge in [0.2, 0.25) is 0 Å². The summed E-state index contributed by atoms with van der Waals surface area (Å²) in [5.41, 5.74) is -0.444. The highest BCUT2D eigenvalue weighted by atomic mass is 35.5. The molecule has 0 aliphatic rings. The molecule has 0 heterocycles. The molecule has 0 fully saturated rings. The molecule has 0 saturated carbocycles. The summed E-state index contributed by atoms with van der Waals surface area (Å²) in [5.74, 6) is -2.61.